The average molecular weight is 420 g/mol. The summed E-state index contributed by atoms with van der Waals surface area (Å²) in [5.41, 5.74) is 4.51. The zero-order chi connectivity index (χ0) is 20.9. The molecule has 0 aliphatic carbocycles. The molecule has 0 unspecified atom stereocenters. The van der Waals surface area contributed by atoms with Crippen molar-refractivity contribution in [2.24, 2.45) is 0 Å². The lowest BCUT2D eigenvalue weighted by Crippen LogP contribution is -2.31. The molecule has 2 N–H and O–H groups in total. The number of benzene rings is 2. The summed E-state index contributed by atoms with van der Waals surface area (Å²) in [5.74, 6) is 0.881. The minimum atomic E-state index is -0.274. The van der Waals surface area contributed by atoms with Crippen molar-refractivity contribution in [2.75, 3.05) is 11.9 Å². The second-order valence-corrected chi connectivity index (χ2v) is 7.47. The lowest BCUT2D eigenvalue weighted by atomic mass is 10.2. The van der Waals surface area contributed by atoms with E-state index >= 15 is 0 Å². The Morgan fingerprint density at radius 1 is 1.10 bits per heavy atom. The van der Waals surface area contributed by atoms with Gasteiger partial charge in [-0.05, 0) is 42.3 Å². The molecule has 0 saturated carbocycles. The topological polar surface area (TPSA) is 71.8 Å². The lowest BCUT2D eigenvalue weighted by molar-refractivity contribution is 0.252. The van der Waals surface area contributed by atoms with Crippen LogP contribution in [-0.4, -0.2) is 27.1 Å². The zero-order valence-corrected chi connectivity index (χ0v) is 17.4. The van der Waals surface area contributed by atoms with Crippen LogP contribution in [0.3, 0.4) is 0 Å². The molecule has 2 aromatic heterocycles. The van der Waals surface area contributed by atoms with Gasteiger partial charge in [-0.1, -0.05) is 48.0 Å². The summed E-state index contributed by atoms with van der Waals surface area (Å²) in [6.07, 6.45) is 2.36. The number of nitrogens with zero attached hydrogens (tertiary/aromatic N) is 3. The summed E-state index contributed by atoms with van der Waals surface area (Å²) in [6, 6.07) is 19.2. The number of hydrogen-bond acceptors (Lipinski definition) is 3. The van der Waals surface area contributed by atoms with Crippen LogP contribution < -0.4 is 10.6 Å². The standard InChI is InChI=1S/C23H22ClN5O/c1-16-9-10-18(24)14-20(16)28-23(30)26-13-11-21-27-19-8-5-12-25-22(19)29(21)15-17-6-3-2-4-7-17/h2-10,12,14H,11,13,15H2,1H3,(H2,26,28,30). The van der Waals surface area contributed by atoms with Gasteiger partial charge in [0.2, 0.25) is 0 Å². The minimum Gasteiger partial charge on any atom is -0.337 e. The van der Waals surface area contributed by atoms with Crippen LogP contribution >= 0.6 is 11.6 Å². The molecule has 0 aliphatic rings. The summed E-state index contributed by atoms with van der Waals surface area (Å²) in [6.45, 7) is 3.05. The molecule has 30 heavy (non-hydrogen) atoms. The molecule has 0 fully saturated rings. The van der Waals surface area contributed by atoms with Gasteiger partial charge in [-0.15, -0.1) is 0 Å². The number of urea groups is 1. The number of nitrogens with one attached hydrogen (secondary N) is 2. The molecule has 4 aromatic rings. The van der Waals surface area contributed by atoms with Gasteiger partial charge in [0.05, 0.1) is 6.54 Å². The first kappa shape index (κ1) is 19.9. The number of imidazole rings is 1. The first-order valence-corrected chi connectivity index (χ1v) is 10.1. The van der Waals surface area contributed by atoms with Crippen molar-refractivity contribution in [1.29, 1.82) is 0 Å². The largest absolute Gasteiger partial charge is 0.337 e. The molecular weight excluding hydrogens is 398 g/mol. The third-order valence-electron chi connectivity index (χ3n) is 4.85. The van der Waals surface area contributed by atoms with E-state index in [1.165, 1.54) is 5.56 Å². The van der Waals surface area contributed by atoms with Gasteiger partial charge in [0.1, 0.15) is 11.3 Å². The number of halogens is 1. The number of aromatic nitrogens is 3. The molecule has 0 aliphatic heterocycles. The predicted octanol–water partition coefficient (Wildman–Crippen LogP) is 4.81. The first-order chi connectivity index (χ1) is 14.6. The molecule has 2 aromatic carbocycles. The second-order valence-electron chi connectivity index (χ2n) is 7.04. The Hall–Kier alpha value is -3.38. The third-order valence-corrected chi connectivity index (χ3v) is 5.08. The molecule has 0 spiro atoms. The molecule has 2 amide bonds. The summed E-state index contributed by atoms with van der Waals surface area (Å²) in [7, 11) is 0. The maximum Gasteiger partial charge on any atom is 0.319 e. The quantitative estimate of drug-likeness (QED) is 0.471. The maximum atomic E-state index is 12.3. The molecule has 0 atom stereocenters. The van der Waals surface area contributed by atoms with Gasteiger partial charge in [0.15, 0.2) is 5.65 Å². The molecule has 2 heterocycles. The van der Waals surface area contributed by atoms with Crippen LogP contribution in [-0.2, 0) is 13.0 Å². The van der Waals surface area contributed by atoms with E-state index in [1.54, 1.807) is 18.3 Å². The molecule has 0 saturated heterocycles. The van der Waals surface area contributed by atoms with Crippen LogP contribution in [0.5, 0.6) is 0 Å². The lowest BCUT2D eigenvalue weighted by Gasteiger charge is -2.11. The summed E-state index contributed by atoms with van der Waals surface area (Å²) >= 11 is 6.02. The normalized spacial score (nSPS) is 10.9. The summed E-state index contributed by atoms with van der Waals surface area (Å²) < 4.78 is 2.10. The van der Waals surface area contributed by atoms with Gasteiger partial charge in [-0.3, -0.25) is 0 Å². The van der Waals surface area contributed by atoms with Crippen molar-refractivity contribution < 1.29 is 4.79 Å². The van der Waals surface area contributed by atoms with Crippen molar-refractivity contribution in [3.05, 3.63) is 88.8 Å². The number of anilines is 1. The highest BCUT2D eigenvalue weighted by atomic mass is 35.5. The number of carbonyl (C=O) groups excluding carboxylic acids is 1. The number of fused-ring (bicyclic) bond motifs is 1. The van der Waals surface area contributed by atoms with Gasteiger partial charge in [-0.2, -0.15) is 0 Å². The Morgan fingerprint density at radius 3 is 2.77 bits per heavy atom. The number of aryl methyl sites for hydroxylation is 1. The van der Waals surface area contributed by atoms with E-state index in [0.29, 0.717) is 30.2 Å². The van der Waals surface area contributed by atoms with Crippen LogP contribution in [0, 0.1) is 6.92 Å². The summed E-state index contributed by atoms with van der Waals surface area (Å²) in [4.78, 5) is 21.5. The number of carbonyl (C=O) groups is 1. The van der Waals surface area contributed by atoms with E-state index in [0.717, 1.165) is 22.6 Å². The molecule has 0 bridgehead atoms. The van der Waals surface area contributed by atoms with Gasteiger partial charge < -0.3 is 15.2 Å². The van der Waals surface area contributed by atoms with E-state index in [1.807, 2.05) is 43.3 Å². The predicted molar refractivity (Wildman–Crippen MR) is 120 cm³/mol. The fraction of sp³-hybridized carbons (Fsp3) is 0.174. The molecule has 7 heteroatoms. The second kappa shape index (κ2) is 8.97. The van der Waals surface area contributed by atoms with Crippen LogP contribution in [0.1, 0.15) is 17.0 Å². The Balaban J connectivity index is 1.45. The highest BCUT2D eigenvalue weighted by Crippen LogP contribution is 2.20. The maximum absolute atomic E-state index is 12.3. The smallest absolute Gasteiger partial charge is 0.319 e. The molecular formula is C23H22ClN5O. The van der Waals surface area contributed by atoms with E-state index < -0.39 is 0 Å². The van der Waals surface area contributed by atoms with Gasteiger partial charge >= 0.3 is 6.03 Å². The van der Waals surface area contributed by atoms with E-state index in [2.05, 4.69) is 32.3 Å². The Kier molecular flexibility index (Phi) is 5.95. The first-order valence-electron chi connectivity index (χ1n) is 9.75. The van der Waals surface area contributed by atoms with Crippen molar-refractivity contribution >= 4 is 34.5 Å². The molecule has 6 nitrogen and oxygen atoms in total. The van der Waals surface area contributed by atoms with Crippen LogP contribution in [0.4, 0.5) is 10.5 Å². The molecule has 0 radical (unpaired) electrons. The number of rotatable bonds is 6. The Labute approximate surface area is 179 Å². The Morgan fingerprint density at radius 2 is 1.93 bits per heavy atom. The van der Waals surface area contributed by atoms with Crippen LogP contribution in [0.2, 0.25) is 5.02 Å². The molecule has 4 rings (SSSR count). The third kappa shape index (κ3) is 4.60. The highest BCUT2D eigenvalue weighted by molar-refractivity contribution is 6.31. The zero-order valence-electron chi connectivity index (χ0n) is 16.6. The minimum absolute atomic E-state index is 0.274. The van der Waals surface area contributed by atoms with Crippen LogP contribution in [0.15, 0.2) is 66.9 Å². The van der Waals surface area contributed by atoms with E-state index in [4.69, 9.17) is 16.6 Å². The Bertz CT molecular complexity index is 1170. The SMILES string of the molecule is Cc1ccc(Cl)cc1NC(=O)NCCc1nc2cccnc2n1Cc1ccccc1. The number of pyridine rings is 1. The van der Waals surface area contributed by atoms with Crippen LogP contribution in [0.25, 0.3) is 11.2 Å². The van der Waals surface area contributed by atoms with Crippen molar-refractivity contribution in [3.63, 3.8) is 0 Å². The van der Waals surface area contributed by atoms with Gasteiger partial charge in [0, 0.05) is 29.9 Å². The monoisotopic (exact) mass is 419 g/mol. The van der Waals surface area contributed by atoms with Gasteiger partial charge in [0.25, 0.3) is 0 Å². The highest BCUT2D eigenvalue weighted by Gasteiger charge is 2.13. The average Bonchev–Trinajstić information content (AvgIpc) is 3.09. The van der Waals surface area contributed by atoms with E-state index in [9.17, 15) is 4.79 Å². The fourth-order valence-electron chi connectivity index (χ4n) is 3.31. The number of amides is 2. The van der Waals surface area contributed by atoms with Crippen molar-refractivity contribution in [3.8, 4) is 0 Å². The fourth-order valence-corrected chi connectivity index (χ4v) is 3.48. The van der Waals surface area contributed by atoms with Gasteiger partial charge in [-0.25, -0.2) is 14.8 Å². The molecule has 152 valence electrons. The van der Waals surface area contributed by atoms with Crippen molar-refractivity contribution in [1.82, 2.24) is 19.9 Å². The van der Waals surface area contributed by atoms with E-state index in [-0.39, 0.29) is 6.03 Å². The summed E-state index contributed by atoms with van der Waals surface area (Å²) in [5, 5.41) is 6.32. The van der Waals surface area contributed by atoms with Crippen molar-refractivity contribution in [2.45, 2.75) is 19.9 Å². The number of hydrogen-bond donors (Lipinski definition) is 2.